The number of nitrogens with zero attached hydrogens (tertiary/aromatic N) is 4. The molecular formula is C13H15N5S2. The zero-order chi connectivity index (χ0) is 14.3. The molecule has 0 saturated heterocycles. The van der Waals surface area contributed by atoms with E-state index < -0.39 is 0 Å². The van der Waals surface area contributed by atoms with Crippen LogP contribution in [0.2, 0.25) is 0 Å². The summed E-state index contributed by atoms with van der Waals surface area (Å²) in [6, 6.07) is 4.21. The molecule has 104 valence electrons. The molecule has 0 aromatic carbocycles. The molecule has 0 amide bonds. The lowest BCUT2D eigenvalue weighted by atomic mass is 10.4. The summed E-state index contributed by atoms with van der Waals surface area (Å²) in [6.07, 6.45) is 0. The first-order valence-corrected chi connectivity index (χ1v) is 7.84. The predicted molar refractivity (Wildman–Crippen MR) is 83.8 cm³/mol. The molecular weight excluding hydrogens is 290 g/mol. The summed E-state index contributed by atoms with van der Waals surface area (Å²) in [5.41, 5.74) is 1.01. The van der Waals surface area contributed by atoms with Crippen molar-refractivity contribution in [2.45, 2.75) is 23.9 Å². The molecule has 0 radical (unpaired) electrons. The van der Waals surface area contributed by atoms with E-state index in [9.17, 15) is 0 Å². The van der Waals surface area contributed by atoms with Crippen LogP contribution < -0.4 is 5.32 Å². The van der Waals surface area contributed by atoms with Gasteiger partial charge >= 0.3 is 0 Å². The van der Waals surface area contributed by atoms with E-state index in [0.29, 0.717) is 5.95 Å². The zero-order valence-electron chi connectivity index (χ0n) is 11.8. The quantitative estimate of drug-likeness (QED) is 0.753. The van der Waals surface area contributed by atoms with Gasteiger partial charge in [-0.2, -0.15) is 5.10 Å². The molecule has 5 nitrogen and oxygen atoms in total. The molecule has 1 N–H and O–H groups in total. The Morgan fingerprint density at radius 1 is 1.25 bits per heavy atom. The fraction of sp³-hybridized carbons (Fsp3) is 0.308. The molecule has 0 aliphatic carbocycles. The van der Waals surface area contributed by atoms with Gasteiger partial charge in [0.1, 0.15) is 14.9 Å². The molecule has 0 bridgehead atoms. The van der Waals surface area contributed by atoms with E-state index >= 15 is 0 Å². The first kappa shape index (κ1) is 13.4. The second kappa shape index (κ2) is 5.06. The molecule has 3 heterocycles. The highest BCUT2D eigenvalue weighted by molar-refractivity contribution is 7.99. The third-order valence-corrected chi connectivity index (χ3v) is 4.91. The Morgan fingerprint density at radius 2 is 2.05 bits per heavy atom. The van der Waals surface area contributed by atoms with Gasteiger partial charge < -0.3 is 5.32 Å². The Labute approximate surface area is 125 Å². The normalized spacial score (nSPS) is 11.2. The van der Waals surface area contributed by atoms with Crippen molar-refractivity contribution < 1.29 is 0 Å². The maximum Gasteiger partial charge on any atom is 0.224 e. The van der Waals surface area contributed by atoms with Gasteiger partial charge in [-0.05, 0) is 37.7 Å². The van der Waals surface area contributed by atoms with Crippen LogP contribution in [0.15, 0.2) is 22.2 Å². The van der Waals surface area contributed by atoms with E-state index in [1.807, 2.05) is 25.7 Å². The molecule has 0 fully saturated rings. The van der Waals surface area contributed by atoms with Gasteiger partial charge in [0, 0.05) is 24.4 Å². The van der Waals surface area contributed by atoms with Gasteiger partial charge in [-0.15, -0.1) is 11.3 Å². The SMILES string of the molecule is CNc1nc(Sc2cc(C)nn2C)c2cc(C)sc2n1. The van der Waals surface area contributed by atoms with Crippen molar-refractivity contribution >= 4 is 39.3 Å². The summed E-state index contributed by atoms with van der Waals surface area (Å²) >= 11 is 3.31. The average Bonchev–Trinajstić information content (AvgIpc) is 2.91. The number of aryl methyl sites for hydroxylation is 3. The van der Waals surface area contributed by atoms with E-state index in [1.165, 1.54) is 4.88 Å². The topological polar surface area (TPSA) is 55.6 Å². The van der Waals surface area contributed by atoms with Gasteiger partial charge in [-0.3, -0.25) is 4.68 Å². The van der Waals surface area contributed by atoms with Crippen LogP contribution in [0.1, 0.15) is 10.6 Å². The van der Waals surface area contributed by atoms with Crippen LogP contribution in [0.25, 0.3) is 10.2 Å². The average molecular weight is 305 g/mol. The third-order valence-electron chi connectivity index (χ3n) is 2.86. The van der Waals surface area contributed by atoms with Crippen molar-refractivity contribution in [2.24, 2.45) is 7.05 Å². The van der Waals surface area contributed by atoms with Crippen molar-refractivity contribution in [3.05, 3.63) is 22.7 Å². The fourth-order valence-corrected chi connectivity index (χ4v) is 3.93. The van der Waals surface area contributed by atoms with Crippen molar-refractivity contribution in [1.29, 1.82) is 0 Å². The minimum atomic E-state index is 0.653. The highest BCUT2D eigenvalue weighted by Crippen LogP contribution is 2.35. The Hall–Kier alpha value is -1.60. The second-order valence-electron chi connectivity index (χ2n) is 4.53. The number of thiophene rings is 1. The van der Waals surface area contributed by atoms with E-state index in [4.69, 9.17) is 0 Å². The van der Waals surface area contributed by atoms with Gasteiger partial charge in [0.05, 0.1) is 5.69 Å². The van der Waals surface area contributed by atoms with Gasteiger partial charge in [0.2, 0.25) is 5.95 Å². The number of rotatable bonds is 3. The monoisotopic (exact) mass is 305 g/mol. The Balaban J connectivity index is 2.11. The lowest BCUT2D eigenvalue weighted by molar-refractivity contribution is 0.692. The second-order valence-corrected chi connectivity index (χ2v) is 6.77. The molecule has 0 aliphatic heterocycles. The Kier molecular flexibility index (Phi) is 3.39. The van der Waals surface area contributed by atoms with Crippen LogP contribution in [-0.2, 0) is 7.05 Å². The molecule has 20 heavy (non-hydrogen) atoms. The number of nitrogens with one attached hydrogen (secondary N) is 1. The largest absolute Gasteiger partial charge is 0.357 e. The Morgan fingerprint density at radius 3 is 2.70 bits per heavy atom. The van der Waals surface area contributed by atoms with E-state index in [-0.39, 0.29) is 0 Å². The van der Waals surface area contributed by atoms with Gasteiger partial charge in [0.15, 0.2) is 0 Å². The van der Waals surface area contributed by atoms with Gasteiger partial charge in [-0.25, -0.2) is 9.97 Å². The van der Waals surface area contributed by atoms with Crippen LogP contribution in [-0.4, -0.2) is 26.8 Å². The van der Waals surface area contributed by atoms with Crippen molar-refractivity contribution in [3.63, 3.8) is 0 Å². The lowest BCUT2D eigenvalue weighted by Gasteiger charge is -2.05. The first-order chi connectivity index (χ1) is 9.56. The number of anilines is 1. The standard InChI is InChI=1S/C13H15N5S2/c1-7-5-10(18(4)17-7)20-12-9-6-8(2)19-11(9)15-13(14-3)16-12/h5-6H,1-4H3,(H,14,15,16). The molecule has 0 atom stereocenters. The molecule has 0 spiro atoms. The van der Waals surface area contributed by atoms with Crippen LogP contribution in [0, 0.1) is 13.8 Å². The van der Waals surface area contributed by atoms with E-state index in [2.05, 4.69) is 39.4 Å². The molecule has 0 saturated carbocycles. The summed E-state index contributed by atoms with van der Waals surface area (Å²) in [6.45, 7) is 4.08. The van der Waals surface area contributed by atoms with Gasteiger partial charge in [0.25, 0.3) is 0 Å². The smallest absolute Gasteiger partial charge is 0.224 e. The maximum atomic E-state index is 4.58. The fourth-order valence-electron chi connectivity index (χ4n) is 1.99. The summed E-state index contributed by atoms with van der Waals surface area (Å²) in [4.78, 5) is 11.3. The van der Waals surface area contributed by atoms with Crippen molar-refractivity contribution in [3.8, 4) is 0 Å². The van der Waals surface area contributed by atoms with Crippen LogP contribution in [0.5, 0.6) is 0 Å². The molecule has 3 aromatic heterocycles. The minimum Gasteiger partial charge on any atom is -0.357 e. The molecule has 0 unspecified atom stereocenters. The number of fused-ring (bicyclic) bond motifs is 1. The van der Waals surface area contributed by atoms with Crippen LogP contribution in [0.3, 0.4) is 0 Å². The van der Waals surface area contributed by atoms with Crippen LogP contribution in [0.4, 0.5) is 5.95 Å². The summed E-state index contributed by atoms with van der Waals surface area (Å²) < 4.78 is 1.88. The maximum absolute atomic E-state index is 4.58. The van der Waals surface area contributed by atoms with Crippen LogP contribution >= 0.6 is 23.1 Å². The minimum absolute atomic E-state index is 0.653. The predicted octanol–water partition coefficient (Wildman–Crippen LogP) is 3.23. The third kappa shape index (κ3) is 2.38. The number of hydrogen-bond donors (Lipinski definition) is 1. The first-order valence-electron chi connectivity index (χ1n) is 6.21. The highest BCUT2D eigenvalue weighted by atomic mass is 32.2. The lowest BCUT2D eigenvalue weighted by Crippen LogP contribution is -1.98. The van der Waals surface area contributed by atoms with E-state index in [0.717, 1.165) is 26.0 Å². The van der Waals surface area contributed by atoms with Crippen molar-refractivity contribution in [1.82, 2.24) is 19.7 Å². The Bertz CT molecular complexity index is 775. The van der Waals surface area contributed by atoms with E-state index in [1.54, 1.807) is 23.1 Å². The molecule has 7 heteroatoms. The molecule has 3 aromatic rings. The number of hydrogen-bond acceptors (Lipinski definition) is 6. The van der Waals surface area contributed by atoms with Crippen molar-refractivity contribution in [2.75, 3.05) is 12.4 Å². The molecule has 3 rings (SSSR count). The number of aromatic nitrogens is 4. The summed E-state index contributed by atoms with van der Waals surface area (Å²) in [7, 11) is 3.79. The zero-order valence-corrected chi connectivity index (χ0v) is 13.4. The highest BCUT2D eigenvalue weighted by Gasteiger charge is 2.13. The summed E-state index contributed by atoms with van der Waals surface area (Å²) in [5, 5.41) is 10.5. The van der Waals surface area contributed by atoms with Gasteiger partial charge in [-0.1, -0.05) is 0 Å². The molecule has 0 aliphatic rings. The summed E-state index contributed by atoms with van der Waals surface area (Å²) in [5.74, 6) is 0.653.